The lowest BCUT2D eigenvalue weighted by atomic mass is 10.2. The van der Waals surface area contributed by atoms with E-state index in [2.05, 4.69) is 10.5 Å². The highest BCUT2D eigenvalue weighted by atomic mass is 16.5. The van der Waals surface area contributed by atoms with Crippen LogP contribution in [0.15, 0.2) is 52.2 Å². The van der Waals surface area contributed by atoms with E-state index in [0.29, 0.717) is 11.5 Å². The summed E-state index contributed by atoms with van der Waals surface area (Å²) in [6.45, 7) is 1.87. The predicted molar refractivity (Wildman–Crippen MR) is 71.1 cm³/mol. The first kappa shape index (κ1) is 12.9. The number of rotatable bonds is 5. The zero-order chi connectivity index (χ0) is 13.5. The highest BCUT2D eigenvalue weighted by Crippen LogP contribution is 2.11. The Morgan fingerprint density at radius 2 is 2.32 bits per heavy atom. The molecule has 1 heterocycles. The van der Waals surface area contributed by atoms with Gasteiger partial charge in [-0.3, -0.25) is 4.79 Å². The predicted octanol–water partition coefficient (Wildman–Crippen LogP) is 2.12. The summed E-state index contributed by atoms with van der Waals surface area (Å²) in [5, 5.41) is 3.75. The molecule has 0 saturated heterocycles. The summed E-state index contributed by atoms with van der Waals surface area (Å²) in [6.07, 6.45) is 2.95. The van der Waals surface area contributed by atoms with E-state index in [-0.39, 0.29) is 12.5 Å². The van der Waals surface area contributed by atoms with Crippen LogP contribution in [-0.4, -0.2) is 18.7 Å². The van der Waals surface area contributed by atoms with Crippen molar-refractivity contribution in [3.63, 3.8) is 0 Å². The Morgan fingerprint density at radius 1 is 1.42 bits per heavy atom. The van der Waals surface area contributed by atoms with E-state index in [4.69, 9.17) is 9.15 Å². The first-order chi connectivity index (χ1) is 9.24. The number of ether oxygens (including phenoxy) is 1. The number of hydrogen-bond donors (Lipinski definition) is 1. The summed E-state index contributed by atoms with van der Waals surface area (Å²) in [7, 11) is 0. The molecule has 2 aromatic rings. The van der Waals surface area contributed by atoms with Gasteiger partial charge in [0, 0.05) is 0 Å². The van der Waals surface area contributed by atoms with Gasteiger partial charge in [0.05, 0.1) is 12.5 Å². The number of hydrazone groups is 1. The van der Waals surface area contributed by atoms with E-state index in [1.54, 1.807) is 18.2 Å². The molecule has 5 nitrogen and oxygen atoms in total. The van der Waals surface area contributed by atoms with Crippen molar-refractivity contribution in [1.82, 2.24) is 5.43 Å². The first-order valence-electron chi connectivity index (χ1n) is 5.79. The molecule has 1 amide bonds. The molecule has 0 saturated carbocycles. The molecule has 1 aromatic heterocycles. The van der Waals surface area contributed by atoms with Gasteiger partial charge in [-0.1, -0.05) is 12.1 Å². The molecule has 2 rings (SSSR count). The second-order valence-electron chi connectivity index (χ2n) is 3.91. The van der Waals surface area contributed by atoms with Gasteiger partial charge in [-0.25, -0.2) is 5.43 Å². The fourth-order valence-corrected chi connectivity index (χ4v) is 1.42. The van der Waals surface area contributed by atoms with Crippen molar-refractivity contribution in [2.24, 2.45) is 5.10 Å². The van der Waals surface area contributed by atoms with E-state index in [0.717, 1.165) is 5.56 Å². The van der Waals surface area contributed by atoms with Crippen LogP contribution in [0.1, 0.15) is 11.3 Å². The maximum absolute atomic E-state index is 11.4. The van der Waals surface area contributed by atoms with Gasteiger partial charge in [-0.15, -0.1) is 0 Å². The third-order valence-corrected chi connectivity index (χ3v) is 2.28. The number of furan rings is 1. The van der Waals surface area contributed by atoms with Crippen LogP contribution in [0.4, 0.5) is 0 Å². The smallest absolute Gasteiger partial charge is 0.277 e. The van der Waals surface area contributed by atoms with E-state index in [1.807, 2.05) is 25.1 Å². The number of nitrogens with one attached hydrogen (secondary N) is 1. The summed E-state index contributed by atoms with van der Waals surface area (Å²) in [5.74, 6) is 0.898. The lowest BCUT2D eigenvalue weighted by molar-refractivity contribution is -0.123. The molecular formula is C14H14N2O3. The van der Waals surface area contributed by atoms with Crippen LogP contribution in [0.25, 0.3) is 0 Å². The van der Waals surface area contributed by atoms with Crippen molar-refractivity contribution < 1.29 is 13.9 Å². The SMILES string of the molecule is Cc1cccc(OCC(=O)N/N=C\c2ccco2)c1. The topological polar surface area (TPSA) is 63.8 Å². The van der Waals surface area contributed by atoms with Gasteiger partial charge >= 0.3 is 0 Å². The van der Waals surface area contributed by atoms with Gasteiger partial charge < -0.3 is 9.15 Å². The van der Waals surface area contributed by atoms with Gasteiger partial charge in [0.25, 0.3) is 5.91 Å². The Bertz CT molecular complexity index is 562. The second-order valence-corrected chi connectivity index (χ2v) is 3.91. The maximum Gasteiger partial charge on any atom is 0.277 e. The second kappa shape index (κ2) is 6.39. The Hall–Kier alpha value is -2.56. The minimum absolute atomic E-state index is 0.0844. The third-order valence-electron chi connectivity index (χ3n) is 2.28. The van der Waals surface area contributed by atoms with Gasteiger partial charge in [-0.05, 0) is 36.8 Å². The lowest BCUT2D eigenvalue weighted by Gasteiger charge is -2.05. The van der Waals surface area contributed by atoms with Crippen molar-refractivity contribution in [3.05, 3.63) is 54.0 Å². The van der Waals surface area contributed by atoms with Crippen LogP contribution in [0, 0.1) is 6.92 Å². The monoisotopic (exact) mass is 258 g/mol. The Morgan fingerprint density at radius 3 is 3.05 bits per heavy atom. The first-order valence-corrected chi connectivity index (χ1v) is 5.79. The minimum atomic E-state index is -0.329. The highest BCUT2D eigenvalue weighted by molar-refractivity contribution is 5.81. The van der Waals surface area contributed by atoms with Gasteiger partial charge in [0.1, 0.15) is 11.5 Å². The van der Waals surface area contributed by atoms with Crippen LogP contribution in [0.3, 0.4) is 0 Å². The molecule has 0 spiro atoms. The van der Waals surface area contributed by atoms with Gasteiger partial charge in [0.2, 0.25) is 0 Å². The molecule has 0 atom stereocenters. The largest absolute Gasteiger partial charge is 0.484 e. The van der Waals surface area contributed by atoms with Crippen molar-refractivity contribution >= 4 is 12.1 Å². The van der Waals surface area contributed by atoms with Crippen molar-refractivity contribution in [2.45, 2.75) is 6.92 Å². The molecule has 0 aliphatic carbocycles. The fraction of sp³-hybridized carbons (Fsp3) is 0.143. The molecule has 0 fully saturated rings. The summed E-state index contributed by atoms with van der Waals surface area (Å²) < 4.78 is 10.4. The summed E-state index contributed by atoms with van der Waals surface area (Å²) in [5.41, 5.74) is 3.43. The maximum atomic E-state index is 11.4. The van der Waals surface area contributed by atoms with Gasteiger partial charge in [0.15, 0.2) is 6.61 Å². The number of carbonyl (C=O) groups is 1. The molecule has 98 valence electrons. The standard InChI is InChI=1S/C14H14N2O3/c1-11-4-2-5-12(8-11)19-10-14(17)16-15-9-13-6-3-7-18-13/h2-9H,10H2,1H3,(H,16,17)/b15-9-. The van der Waals surface area contributed by atoms with Crippen molar-refractivity contribution in [3.8, 4) is 5.75 Å². The number of aryl methyl sites for hydroxylation is 1. The molecule has 0 bridgehead atoms. The van der Waals surface area contributed by atoms with E-state index < -0.39 is 0 Å². The average Bonchev–Trinajstić information content (AvgIpc) is 2.90. The van der Waals surface area contributed by atoms with Crippen LogP contribution in [0.5, 0.6) is 5.75 Å². The molecule has 1 N–H and O–H groups in total. The van der Waals surface area contributed by atoms with E-state index in [1.165, 1.54) is 12.5 Å². The van der Waals surface area contributed by atoms with Crippen LogP contribution >= 0.6 is 0 Å². The Labute approximate surface area is 110 Å². The van der Waals surface area contributed by atoms with Crippen molar-refractivity contribution in [2.75, 3.05) is 6.61 Å². The quantitative estimate of drug-likeness (QED) is 0.660. The zero-order valence-corrected chi connectivity index (χ0v) is 10.5. The lowest BCUT2D eigenvalue weighted by Crippen LogP contribution is -2.24. The average molecular weight is 258 g/mol. The molecule has 19 heavy (non-hydrogen) atoms. The summed E-state index contributed by atoms with van der Waals surface area (Å²) in [6, 6.07) is 11.0. The van der Waals surface area contributed by atoms with Crippen molar-refractivity contribution in [1.29, 1.82) is 0 Å². The molecule has 5 heteroatoms. The highest BCUT2D eigenvalue weighted by Gasteiger charge is 2.01. The number of nitrogens with zero attached hydrogens (tertiary/aromatic N) is 1. The molecule has 1 aromatic carbocycles. The molecule has 0 radical (unpaired) electrons. The number of benzene rings is 1. The molecule has 0 aliphatic heterocycles. The molecular weight excluding hydrogens is 244 g/mol. The van der Waals surface area contributed by atoms with Gasteiger partial charge in [-0.2, -0.15) is 5.10 Å². The number of hydrogen-bond acceptors (Lipinski definition) is 4. The van der Waals surface area contributed by atoms with Crippen LogP contribution in [-0.2, 0) is 4.79 Å². The normalized spacial score (nSPS) is 10.6. The zero-order valence-electron chi connectivity index (χ0n) is 10.5. The molecule has 0 aliphatic rings. The van der Waals surface area contributed by atoms with Crippen LogP contribution < -0.4 is 10.2 Å². The Kier molecular flexibility index (Phi) is 4.34. The summed E-state index contributed by atoms with van der Waals surface area (Å²) in [4.78, 5) is 11.4. The number of amides is 1. The minimum Gasteiger partial charge on any atom is -0.484 e. The van der Waals surface area contributed by atoms with Crippen LogP contribution in [0.2, 0.25) is 0 Å². The number of carbonyl (C=O) groups excluding carboxylic acids is 1. The Balaban J connectivity index is 1.76. The summed E-state index contributed by atoms with van der Waals surface area (Å²) >= 11 is 0. The molecule has 0 unspecified atom stereocenters. The fourth-order valence-electron chi connectivity index (χ4n) is 1.42. The van der Waals surface area contributed by atoms with E-state index in [9.17, 15) is 4.79 Å². The van der Waals surface area contributed by atoms with E-state index >= 15 is 0 Å². The third kappa shape index (κ3) is 4.31.